The predicted octanol–water partition coefficient (Wildman–Crippen LogP) is 1.39. The molecule has 0 aliphatic rings. The number of rotatable bonds is 6. The molecule has 0 fully saturated rings. The van der Waals surface area contributed by atoms with Gasteiger partial charge in [0.1, 0.15) is 0 Å². The summed E-state index contributed by atoms with van der Waals surface area (Å²) in [6.45, 7) is 2.94. The number of hydrogen-bond donors (Lipinski definition) is 3. The molecular weight excluding hydrogens is 238 g/mol. The summed E-state index contributed by atoms with van der Waals surface area (Å²) in [5, 5.41) is 3.17. The Hall–Kier alpha value is -1.27. The number of nitrogen functional groups attached to an aromatic ring is 1. The summed E-state index contributed by atoms with van der Waals surface area (Å²) in [5.74, 6) is 0. The first-order chi connectivity index (χ1) is 8.01. The van der Waals surface area contributed by atoms with Crippen LogP contribution in [0.4, 0.5) is 11.4 Å². The summed E-state index contributed by atoms with van der Waals surface area (Å²) in [7, 11) is -2.05. The highest BCUT2D eigenvalue weighted by Gasteiger charge is 2.12. The molecule has 4 N–H and O–H groups in total. The van der Waals surface area contributed by atoms with Crippen molar-refractivity contribution in [3.63, 3.8) is 0 Å². The normalized spacial score (nSPS) is 11.4. The zero-order valence-electron chi connectivity index (χ0n) is 10.2. The summed E-state index contributed by atoms with van der Waals surface area (Å²) in [5.41, 5.74) is 7.01. The molecule has 96 valence electrons. The van der Waals surface area contributed by atoms with Crippen molar-refractivity contribution in [2.24, 2.45) is 0 Å². The van der Waals surface area contributed by atoms with Crippen LogP contribution in [0.15, 0.2) is 23.1 Å². The van der Waals surface area contributed by atoms with Crippen LogP contribution in [-0.2, 0) is 10.0 Å². The average molecular weight is 257 g/mol. The second-order valence-corrected chi connectivity index (χ2v) is 5.62. The van der Waals surface area contributed by atoms with Gasteiger partial charge in [0.15, 0.2) is 0 Å². The molecule has 0 aliphatic carbocycles. The predicted molar refractivity (Wildman–Crippen MR) is 70.5 cm³/mol. The third kappa shape index (κ3) is 3.61. The van der Waals surface area contributed by atoms with Gasteiger partial charge >= 0.3 is 0 Å². The highest BCUT2D eigenvalue weighted by atomic mass is 32.2. The van der Waals surface area contributed by atoms with Gasteiger partial charge in [0, 0.05) is 6.54 Å². The zero-order chi connectivity index (χ0) is 12.9. The molecule has 0 saturated carbocycles. The Balaban J connectivity index is 2.87. The number of nitrogens with two attached hydrogens (primary N) is 1. The highest BCUT2D eigenvalue weighted by Crippen LogP contribution is 2.22. The lowest BCUT2D eigenvalue weighted by atomic mass is 10.2. The number of anilines is 2. The van der Waals surface area contributed by atoms with E-state index in [1.165, 1.54) is 19.2 Å². The topological polar surface area (TPSA) is 84.2 Å². The summed E-state index contributed by atoms with van der Waals surface area (Å²) in [6.07, 6.45) is 2.15. The van der Waals surface area contributed by atoms with Gasteiger partial charge in [-0.15, -0.1) is 0 Å². The molecule has 0 radical (unpaired) electrons. The molecule has 0 bridgehead atoms. The second-order valence-electron chi connectivity index (χ2n) is 3.74. The van der Waals surface area contributed by atoms with E-state index in [9.17, 15) is 8.42 Å². The Kier molecular flexibility index (Phi) is 4.77. The van der Waals surface area contributed by atoms with E-state index >= 15 is 0 Å². The maximum Gasteiger partial charge on any atom is 0.240 e. The minimum atomic E-state index is -3.42. The van der Waals surface area contributed by atoms with E-state index in [4.69, 9.17) is 5.73 Å². The molecule has 0 amide bonds. The summed E-state index contributed by atoms with van der Waals surface area (Å²) in [4.78, 5) is 0.179. The fraction of sp³-hybridized carbons (Fsp3) is 0.455. The van der Waals surface area contributed by atoms with Gasteiger partial charge in [-0.2, -0.15) is 0 Å². The molecule has 0 unspecified atom stereocenters. The minimum Gasteiger partial charge on any atom is -0.397 e. The van der Waals surface area contributed by atoms with E-state index in [1.807, 2.05) is 0 Å². The van der Waals surface area contributed by atoms with E-state index in [1.54, 1.807) is 6.07 Å². The van der Waals surface area contributed by atoms with Gasteiger partial charge in [0.2, 0.25) is 10.0 Å². The van der Waals surface area contributed by atoms with E-state index in [0.717, 1.165) is 25.1 Å². The first kappa shape index (κ1) is 13.8. The second kappa shape index (κ2) is 5.88. The lowest BCUT2D eigenvalue weighted by Crippen LogP contribution is -2.18. The molecule has 0 saturated heterocycles. The van der Waals surface area contributed by atoms with Crippen LogP contribution in [0.3, 0.4) is 0 Å². The standard InChI is InChI=1S/C11H19N3O2S/c1-3-4-7-14-11-6-5-9(8-10(11)12)17(15,16)13-2/h5-6,8,13-14H,3-4,7,12H2,1-2H3. The molecule has 0 spiro atoms. The van der Waals surface area contributed by atoms with Gasteiger partial charge in [-0.25, -0.2) is 13.1 Å². The van der Waals surface area contributed by atoms with Crippen LogP contribution in [0, 0.1) is 0 Å². The molecule has 5 nitrogen and oxygen atoms in total. The third-order valence-electron chi connectivity index (χ3n) is 2.45. The number of hydrogen-bond acceptors (Lipinski definition) is 4. The molecule has 1 aromatic carbocycles. The quantitative estimate of drug-likeness (QED) is 0.531. The number of sulfonamides is 1. The Labute approximate surface area is 102 Å². The summed E-state index contributed by atoms with van der Waals surface area (Å²) >= 11 is 0. The van der Waals surface area contributed by atoms with Crippen LogP contribution in [0.1, 0.15) is 19.8 Å². The minimum absolute atomic E-state index is 0.179. The number of benzene rings is 1. The summed E-state index contributed by atoms with van der Waals surface area (Å²) in [6, 6.07) is 4.69. The fourth-order valence-corrected chi connectivity index (χ4v) is 2.15. The van der Waals surface area contributed by atoms with E-state index in [2.05, 4.69) is 17.0 Å². The molecule has 6 heteroatoms. The van der Waals surface area contributed by atoms with E-state index in [0.29, 0.717) is 5.69 Å². The molecule has 0 atom stereocenters. The Morgan fingerprint density at radius 1 is 1.35 bits per heavy atom. The Morgan fingerprint density at radius 2 is 2.06 bits per heavy atom. The third-order valence-corrected chi connectivity index (χ3v) is 3.86. The van der Waals surface area contributed by atoms with Crippen LogP contribution in [0.25, 0.3) is 0 Å². The fourth-order valence-electron chi connectivity index (χ4n) is 1.39. The van der Waals surface area contributed by atoms with Gasteiger partial charge in [-0.3, -0.25) is 0 Å². The van der Waals surface area contributed by atoms with Gasteiger partial charge in [-0.05, 0) is 31.7 Å². The number of nitrogens with one attached hydrogen (secondary N) is 2. The van der Waals surface area contributed by atoms with Crippen LogP contribution in [0.2, 0.25) is 0 Å². The Morgan fingerprint density at radius 3 is 2.59 bits per heavy atom. The molecule has 0 aromatic heterocycles. The Bertz CT molecular complexity index is 472. The lowest BCUT2D eigenvalue weighted by molar-refractivity contribution is 0.588. The lowest BCUT2D eigenvalue weighted by Gasteiger charge is -2.10. The van der Waals surface area contributed by atoms with E-state index in [-0.39, 0.29) is 4.90 Å². The van der Waals surface area contributed by atoms with Gasteiger partial charge in [0.05, 0.1) is 16.3 Å². The molecule has 0 aliphatic heterocycles. The van der Waals surface area contributed by atoms with Gasteiger partial charge < -0.3 is 11.1 Å². The molecule has 17 heavy (non-hydrogen) atoms. The van der Waals surface area contributed by atoms with Crippen molar-refractivity contribution in [2.75, 3.05) is 24.6 Å². The van der Waals surface area contributed by atoms with Gasteiger partial charge in [0.25, 0.3) is 0 Å². The van der Waals surface area contributed by atoms with Crippen molar-refractivity contribution in [3.05, 3.63) is 18.2 Å². The van der Waals surface area contributed by atoms with Crippen LogP contribution in [0.5, 0.6) is 0 Å². The average Bonchev–Trinajstić information content (AvgIpc) is 2.31. The van der Waals surface area contributed by atoms with Crippen molar-refractivity contribution < 1.29 is 8.42 Å². The zero-order valence-corrected chi connectivity index (χ0v) is 11.0. The summed E-state index contributed by atoms with van der Waals surface area (Å²) < 4.78 is 25.3. The van der Waals surface area contributed by atoms with Crippen molar-refractivity contribution in [1.29, 1.82) is 0 Å². The van der Waals surface area contributed by atoms with Crippen molar-refractivity contribution in [3.8, 4) is 0 Å². The molecule has 1 aromatic rings. The van der Waals surface area contributed by atoms with E-state index < -0.39 is 10.0 Å². The van der Waals surface area contributed by atoms with Crippen LogP contribution < -0.4 is 15.8 Å². The van der Waals surface area contributed by atoms with Crippen molar-refractivity contribution in [2.45, 2.75) is 24.7 Å². The van der Waals surface area contributed by atoms with Gasteiger partial charge in [-0.1, -0.05) is 13.3 Å². The first-order valence-corrected chi connectivity index (χ1v) is 7.06. The largest absolute Gasteiger partial charge is 0.397 e. The van der Waals surface area contributed by atoms with Crippen molar-refractivity contribution in [1.82, 2.24) is 4.72 Å². The SMILES string of the molecule is CCCCNc1ccc(S(=O)(=O)NC)cc1N. The smallest absolute Gasteiger partial charge is 0.240 e. The monoisotopic (exact) mass is 257 g/mol. The molecule has 0 heterocycles. The first-order valence-electron chi connectivity index (χ1n) is 5.58. The highest BCUT2D eigenvalue weighted by molar-refractivity contribution is 7.89. The van der Waals surface area contributed by atoms with Crippen LogP contribution >= 0.6 is 0 Å². The maximum absolute atomic E-state index is 11.5. The maximum atomic E-state index is 11.5. The molecular formula is C11H19N3O2S. The number of unbranched alkanes of at least 4 members (excludes halogenated alkanes) is 1. The molecule has 1 rings (SSSR count). The van der Waals surface area contributed by atoms with Crippen LogP contribution in [-0.4, -0.2) is 22.0 Å². The van der Waals surface area contributed by atoms with Crippen molar-refractivity contribution >= 4 is 21.4 Å².